The maximum absolute atomic E-state index is 11.2. The van der Waals surface area contributed by atoms with Gasteiger partial charge in [0.2, 0.25) is 0 Å². The van der Waals surface area contributed by atoms with Gasteiger partial charge in [-0.25, -0.2) is 0 Å². The van der Waals surface area contributed by atoms with Gasteiger partial charge >= 0.3 is 5.97 Å². The van der Waals surface area contributed by atoms with Crippen molar-refractivity contribution < 1.29 is 9.53 Å². The van der Waals surface area contributed by atoms with Gasteiger partial charge in [0.15, 0.2) is 0 Å². The van der Waals surface area contributed by atoms with Crippen LogP contribution in [0.4, 0.5) is 0 Å². The Bertz CT molecular complexity index is 311. The number of halogens is 2. The van der Waals surface area contributed by atoms with E-state index >= 15 is 0 Å². The second kappa shape index (κ2) is 7.06. The summed E-state index contributed by atoms with van der Waals surface area (Å²) in [4.78, 5) is 11.2. The smallest absolute Gasteiger partial charge is 0.306 e. The normalized spacial score (nSPS) is 10.0. The summed E-state index contributed by atoms with van der Waals surface area (Å²) in [6.07, 6.45) is 1.13. The molecule has 0 aliphatic heterocycles. The predicted molar refractivity (Wildman–Crippen MR) is 69.6 cm³/mol. The zero-order valence-corrected chi connectivity index (χ0v) is 11.1. The molecule has 0 unspecified atom stereocenters. The fourth-order valence-electron chi connectivity index (χ4n) is 1.12. The highest BCUT2D eigenvalue weighted by atomic mass is 127. The molecule has 1 rings (SSSR count). The molecule has 15 heavy (non-hydrogen) atoms. The molecule has 0 atom stereocenters. The van der Waals surface area contributed by atoms with E-state index in [1.54, 1.807) is 0 Å². The largest absolute Gasteiger partial charge is 0.465 e. The molecule has 0 radical (unpaired) electrons. The molecule has 0 aliphatic carbocycles. The molecular weight excluding hydrogens is 326 g/mol. The first-order chi connectivity index (χ1) is 7.22. The summed E-state index contributed by atoms with van der Waals surface area (Å²) >= 11 is 7.92. The van der Waals surface area contributed by atoms with E-state index in [1.165, 1.54) is 0 Å². The van der Waals surface area contributed by atoms with Crippen molar-refractivity contribution in [3.63, 3.8) is 0 Å². The number of aryl methyl sites for hydroxylation is 1. The predicted octanol–water partition coefficient (Wildman–Crippen LogP) is 3.25. The summed E-state index contributed by atoms with van der Waals surface area (Å²) in [5.41, 5.74) is 1.10. The lowest BCUT2D eigenvalue weighted by Gasteiger charge is -2.02. The van der Waals surface area contributed by atoms with Gasteiger partial charge in [-0.15, -0.1) is 0 Å². The van der Waals surface area contributed by atoms with Crippen molar-refractivity contribution in [1.29, 1.82) is 0 Å². The first kappa shape index (κ1) is 12.8. The summed E-state index contributed by atoms with van der Waals surface area (Å²) in [6.45, 7) is 0.500. The highest BCUT2D eigenvalue weighted by Crippen LogP contribution is 2.11. The molecule has 1 aromatic carbocycles. The van der Waals surface area contributed by atoms with Gasteiger partial charge in [0.25, 0.3) is 0 Å². The molecule has 0 fully saturated rings. The molecule has 0 spiro atoms. The van der Waals surface area contributed by atoms with Gasteiger partial charge in [-0.1, -0.05) is 46.3 Å². The van der Waals surface area contributed by atoms with E-state index in [9.17, 15) is 4.79 Å². The van der Waals surface area contributed by atoms with E-state index < -0.39 is 0 Å². The average Bonchev–Trinajstić information content (AvgIpc) is 2.25. The Morgan fingerprint density at radius 1 is 1.33 bits per heavy atom. The Morgan fingerprint density at radius 2 is 2.00 bits per heavy atom. The summed E-state index contributed by atoms with van der Waals surface area (Å²) in [5, 5.41) is 0.714. The lowest BCUT2D eigenvalue weighted by molar-refractivity contribution is -0.142. The van der Waals surface area contributed by atoms with Crippen molar-refractivity contribution >= 4 is 40.2 Å². The van der Waals surface area contributed by atoms with E-state index in [4.69, 9.17) is 16.3 Å². The number of hydrogen-bond acceptors (Lipinski definition) is 2. The number of benzene rings is 1. The lowest BCUT2D eigenvalue weighted by atomic mass is 10.1. The maximum Gasteiger partial charge on any atom is 0.306 e. The van der Waals surface area contributed by atoms with Crippen molar-refractivity contribution in [1.82, 2.24) is 0 Å². The Hall–Kier alpha value is -0.290. The lowest BCUT2D eigenvalue weighted by Crippen LogP contribution is -2.07. The topological polar surface area (TPSA) is 26.3 Å². The molecule has 0 heterocycles. The third kappa shape index (κ3) is 5.37. The molecule has 2 nitrogen and oxygen atoms in total. The second-order valence-corrected chi connectivity index (χ2v) is 4.55. The zero-order chi connectivity index (χ0) is 11.1. The van der Waals surface area contributed by atoms with Crippen molar-refractivity contribution in [2.24, 2.45) is 0 Å². The van der Waals surface area contributed by atoms with Gasteiger partial charge < -0.3 is 4.74 Å². The van der Waals surface area contributed by atoms with Crippen LogP contribution < -0.4 is 0 Å². The van der Waals surface area contributed by atoms with Gasteiger partial charge in [0.05, 0.1) is 0 Å². The van der Waals surface area contributed by atoms with Crippen molar-refractivity contribution in [2.45, 2.75) is 12.8 Å². The molecule has 0 aliphatic rings. The van der Waals surface area contributed by atoms with E-state index in [0.717, 1.165) is 9.99 Å². The van der Waals surface area contributed by atoms with Crippen LogP contribution in [0.2, 0.25) is 5.02 Å². The Kier molecular flexibility index (Phi) is 6.02. The molecule has 0 N–H and O–H groups in total. The first-order valence-corrected chi connectivity index (χ1v) is 6.59. The van der Waals surface area contributed by atoms with Gasteiger partial charge in [0.1, 0.15) is 6.61 Å². The molecule has 0 amide bonds. The van der Waals surface area contributed by atoms with Crippen LogP contribution in [-0.4, -0.2) is 17.0 Å². The minimum Gasteiger partial charge on any atom is -0.465 e. The third-order valence-electron chi connectivity index (χ3n) is 1.87. The molecule has 1 aromatic rings. The first-order valence-electron chi connectivity index (χ1n) is 4.68. The van der Waals surface area contributed by atoms with E-state index in [2.05, 4.69) is 22.6 Å². The molecule has 0 aromatic heterocycles. The van der Waals surface area contributed by atoms with Crippen LogP contribution in [0, 0.1) is 0 Å². The van der Waals surface area contributed by atoms with Gasteiger partial charge in [-0.3, -0.25) is 4.79 Å². The molecule has 4 heteroatoms. The van der Waals surface area contributed by atoms with Crippen LogP contribution in [0.15, 0.2) is 24.3 Å². The molecule has 0 saturated carbocycles. The van der Waals surface area contributed by atoms with Crippen LogP contribution in [0.25, 0.3) is 0 Å². The van der Waals surface area contributed by atoms with Crippen molar-refractivity contribution in [2.75, 3.05) is 11.0 Å². The van der Waals surface area contributed by atoms with Crippen LogP contribution in [-0.2, 0) is 16.0 Å². The van der Waals surface area contributed by atoms with Gasteiger partial charge in [-0.05, 0) is 24.1 Å². The summed E-state index contributed by atoms with van der Waals surface area (Å²) in [6, 6.07) is 7.50. The summed E-state index contributed by atoms with van der Waals surface area (Å²) in [7, 11) is 0. The number of carbonyl (C=O) groups excluding carboxylic acids is 1. The zero-order valence-electron chi connectivity index (χ0n) is 8.21. The van der Waals surface area contributed by atoms with Gasteiger partial charge in [-0.2, -0.15) is 0 Å². The standard InChI is InChI=1S/C11H12ClIO2/c12-10-4-1-9(2-5-10)3-6-11(14)15-8-7-13/h1-2,4-5H,3,6-8H2. The van der Waals surface area contributed by atoms with Crippen molar-refractivity contribution in [3.05, 3.63) is 34.9 Å². The van der Waals surface area contributed by atoms with E-state index in [-0.39, 0.29) is 5.97 Å². The number of rotatable bonds is 5. The number of carbonyl (C=O) groups is 1. The Balaban J connectivity index is 2.30. The van der Waals surface area contributed by atoms with E-state index in [1.807, 2.05) is 24.3 Å². The fourth-order valence-corrected chi connectivity index (χ4v) is 1.47. The SMILES string of the molecule is O=C(CCc1ccc(Cl)cc1)OCCI. The number of ether oxygens (including phenoxy) is 1. The Labute approximate surface area is 108 Å². The minimum atomic E-state index is -0.137. The van der Waals surface area contributed by atoms with E-state index in [0.29, 0.717) is 24.5 Å². The fraction of sp³-hybridized carbons (Fsp3) is 0.364. The van der Waals surface area contributed by atoms with Gasteiger partial charge in [0, 0.05) is 15.9 Å². The summed E-state index contributed by atoms with van der Waals surface area (Å²) in [5.74, 6) is -0.137. The minimum absolute atomic E-state index is 0.137. The number of esters is 1. The Morgan fingerprint density at radius 3 is 2.60 bits per heavy atom. The number of hydrogen-bond donors (Lipinski definition) is 0. The summed E-state index contributed by atoms with van der Waals surface area (Å²) < 4.78 is 5.80. The third-order valence-corrected chi connectivity index (χ3v) is 2.56. The molecular formula is C11H12ClIO2. The molecule has 0 saturated heterocycles. The highest BCUT2D eigenvalue weighted by Gasteiger charge is 2.02. The monoisotopic (exact) mass is 338 g/mol. The molecule has 82 valence electrons. The van der Waals surface area contributed by atoms with Crippen LogP contribution in [0.3, 0.4) is 0 Å². The quantitative estimate of drug-likeness (QED) is 0.468. The average molecular weight is 339 g/mol. The van der Waals surface area contributed by atoms with Crippen LogP contribution >= 0.6 is 34.2 Å². The highest BCUT2D eigenvalue weighted by molar-refractivity contribution is 14.1. The number of alkyl halides is 1. The van der Waals surface area contributed by atoms with Crippen LogP contribution in [0.5, 0.6) is 0 Å². The maximum atomic E-state index is 11.2. The molecule has 0 bridgehead atoms. The van der Waals surface area contributed by atoms with Crippen molar-refractivity contribution in [3.8, 4) is 0 Å². The second-order valence-electron chi connectivity index (χ2n) is 3.04. The van der Waals surface area contributed by atoms with Crippen LogP contribution in [0.1, 0.15) is 12.0 Å².